The quantitative estimate of drug-likeness (QED) is 0.130. The summed E-state index contributed by atoms with van der Waals surface area (Å²) in [6, 6.07) is -1.02. The van der Waals surface area contributed by atoms with Crippen molar-refractivity contribution in [1.82, 2.24) is 4.90 Å². The van der Waals surface area contributed by atoms with Gasteiger partial charge in [-0.1, -0.05) is 71.8 Å². The summed E-state index contributed by atoms with van der Waals surface area (Å²) in [4.78, 5) is 45.5. The van der Waals surface area contributed by atoms with Crippen LogP contribution in [0.2, 0.25) is 18.1 Å². The fourth-order valence-electron chi connectivity index (χ4n) is 10.3. The van der Waals surface area contributed by atoms with Crippen molar-refractivity contribution in [3.63, 3.8) is 0 Å². The minimum Gasteiger partial charge on any atom is -0.456 e. The molecule has 2 bridgehead atoms. The molecular weight excluding hydrogens is 819 g/mol. The second kappa shape index (κ2) is 23.0. The molecule has 0 aromatic rings. The van der Waals surface area contributed by atoms with Crippen LogP contribution in [0.15, 0.2) is 36.0 Å². The van der Waals surface area contributed by atoms with Gasteiger partial charge in [-0.15, -0.1) is 6.58 Å². The van der Waals surface area contributed by atoms with Crippen molar-refractivity contribution in [2.24, 2.45) is 29.6 Å². The number of aliphatic hydroxyl groups is 2. The molecule has 2 saturated heterocycles. The molecule has 0 aromatic heterocycles. The lowest BCUT2D eigenvalue weighted by molar-refractivity contribution is -0.346. The van der Waals surface area contributed by atoms with Crippen LogP contribution < -0.4 is 0 Å². The van der Waals surface area contributed by atoms with E-state index in [0.717, 1.165) is 36.8 Å². The van der Waals surface area contributed by atoms with E-state index in [4.69, 9.17) is 28.1 Å². The number of piperidine rings is 1. The summed E-state index contributed by atoms with van der Waals surface area (Å²) < 4.78 is 38.1. The van der Waals surface area contributed by atoms with E-state index < -0.39 is 86.4 Å². The number of aliphatic hydroxyl groups excluding tert-OH is 1. The molecule has 12 nitrogen and oxygen atoms in total. The molecule has 3 fully saturated rings. The average Bonchev–Trinajstić information content (AvgIpc) is 3.23. The van der Waals surface area contributed by atoms with E-state index in [2.05, 4.69) is 59.5 Å². The SMILES string of the molecule is C=CCC1C=C(C)CC(C)CC(OC)C2OC(O)(C(C)CC2OC)C(O)C(=O)N2CCCCC2C(=O)OC(C(C)=CC2CCCC(OC)C2)C(C)C(O[Si](C)(C)C(C)(C)C)CC1=O. The Kier molecular flexibility index (Phi) is 19.5. The number of amides is 1. The standard InChI is InChI=1S/C50H85NO11Si/c1-15-19-37-25-31(2)24-32(3)26-42(58-11)45-43(59-12)28-34(5)50(56,61-45)46(53)47(54)51-23-17-16-22-39(51)48(55)60-44(33(4)27-36-20-18-21-38(29-36)57-10)35(6)41(30-40(37)52)62-63(13,14)49(7,8)9/h15,25,27,32,34-39,41-46,53,56H,1,16-24,26,28-30H2,2-14H3. The van der Waals surface area contributed by atoms with Crippen molar-refractivity contribution in [2.75, 3.05) is 27.9 Å². The molecule has 0 radical (unpaired) electrons. The Morgan fingerprint density at radius 2 is 1.62 bits per heavy atom. The molecule has 0 spiro atoms. The average molecular weight is 904 g/mol. The van der Waals surface area contributed by atoms with Crippen LogP contribution in [-0.4, -0.2) is 124 Å². The van der Waals surface area contributed by atoms with Gasteiger partial charge in [0, 0.05) is 52.0 Å². The fourth-order valence-corrected chi connectivity index (χ4v) is 11.7. The lowest BCUT2D eigenvalue weighted by Gasteiger charge is -2.49. The van der Waals surface area contributed by atoms with Gasteiger partial charge in [0.05, 0.1) is 24.4 Å². The van der Waals surface area contributed by atoms with Crippen molar-refractivity contribution in [2.45, 2.75) is 205 Å². The monoisotopic (exact) mass is 904 g/mol. The summed E-state index contributed by atoms with van der Waals surface area (Å²) in [5.74, 6) is -4.99. The second-order valence-electron chi connectivity index (χ2n) is 21.2. The van der Waals surface area contributed by atoms with Gasteiger partial charge in [-0.25, -0.2) is 4.79 Å². The second-order valence-corrected chi connectivity index (χ2v) is 25.9. The molecule has 14 unspecified atom stereocenters. The van der Waals surface area contributed by atoms with Crippen molar-refractivity contribution in [3.8, 4) is 0 Å². The number of rotatable bonds is 9. The molecule has 3 aliphatic heterocycles. The Morgan fingerprint density at radius 1 is 0.952 bits per heavy atom. The summed E-state index contributed by atoms with van der Waals surface area (Å²) in [6.45, 7) is 25.0. The number of allylic oxidation sites excluding steroid dienone is 4. The van der Waals surface area contributed by atoms with Gasteiger partial charge in [-0.3, -0.25) is 9.59 Å². The molecule has 4 rings (SSSR count). The lowest BCUT2D eigenvalue weighted by atomic mass is 9.81. The highest BCUT2D eigenvalue weighted by Crippen LogP contribution is 2.42. The molecule has 13 heteroatoms. The molecule has 1 saturated carbocycles. The molecule has 14 atom stereocenters. The summed E-state index contributed by atoms with van der Waals surface area (Å²) in [7, 11) is 2.41. The third-order valence-electron chi connectivity index (χ3n) is 15.2. The number of carbonyl (C=O) groups is 3. The van der Waals surface area contributed by atoms with Crippen LogP contribution in [0, 0.1) is 29.6 Å². The highest BCUT2D eigenvalue weighted by molar-refractivity contribution is 6.74. The highest BCUT2D eigenvalue weighted by Gasteiger charge is 2.56. The Bertz CT molecular complexity index is 1610. The van der Waals surface area contributed by atoms with Crippen LogP contribution in [0.4, 0.5) is 0 Å². The van der Waals surface area contributed by atoms with Gasteiger partial charge in [0.25, 0.3) is 5.91 Å². The molecule has 360 valence electrons. The van der Waals surface area contributed by atoms with Gasteiger partial charge in [0.1, 0.15) is 24.0 Å². The van der Waals surface area contributed by atoms with Gasteiger partial charge < -0.3 is 43.2 Å². The minimum absolute atomic E-state index is 0.0324. The normalized spacial score (nSPS) is 37.9. The van der Waals surface area contributed by atoms with Gasteiger partial charge >= 0.3 is 5.97 Å². The van der Waals surface area contributed by atoms with Gasteiger partial charge in [-0.2, -0.15) is 0 Å². The first kappa shape index (κ1) is 53.4. The zero-order chi connectivity index (χ0) is 47.0. The number of esters is 1. The zero-order valence-electron chi connectivity index (χ0n) is 41.2. The number of ether oxygens (including phenoxy) is 5. The molecule has 4 aliphatic rings. The number of nitrogens with zero attached hydrogens (tertiary/aromatic N) is 1. The number of fused-ring (bicyclic) bond motifs is 3. The Labute approximate surface area is 381 Å². The number of hydrogen-bond donors (Lipinski definition) is 2. The number of methoxy groups -OCH3 is 3. The molecule has 3 heterocycles. The van der Waals surface area contributed by atoms with Gasteiger partial charge in [0.15, 0.2) is 14.4 Å². The van der Waals surface area contributed by atoms with Crippen LogP contribution in [0.1, 0.15) is 132 Å². The first-order chi connectivity index (χ1) is 29.5. The van der Waals surface area contributed by atoms with Gasteiger partial charge in [0.2, 0.25) is 5.79 Å². The van der Waals surface area contributed by atoms with E-state index in [1.807, 2.05) is 20.8 Å². The third kappa shape index (κ3) is 13.2. The molecule has 1 amide bonds. The van der Waals surface area contributed by atoms with E-state index in [1.54, 1.807) is 34.3 Å². The number of hydrogen-bond acceptors (Lipinski definition) is 11. The van der Waals surface area contributed by atoms with Crippen molar-refractivity contribution >= 4 is 26.0 Å². The lowest BCUT2D eigenvalue weighted by Crippen LogP contribution is -2.66. The minimum atomic E-state index is -2.50. The zero-order valence-corrected chi connectivity index (χ0v) is 42.2. The molecule has 63 heavy (non-hydrogen) atoms. The molecule has 2 N–H and O–H groups in total. The first-order valence-electron chi connectivity index (χ1n) is 23.9. The topological polar surface area (TPSA) is 150 Å². The largest absolute Gasteiger partial charge is 0.456 e. The van der Waals surface area contributed by atoms with Crippen LogP contribution in [-0.2, 0) is 42.5 Å². The van der Waals surface area contributed by atoms with E-state index in [1.165, 1.54) is 4.90 Å². The first-order valence-corrected chi connectivity index (χ1v) is 26.8. The van der Waals surface area contributed by atoms with Crippen molar-refractivity contribution in [3.05, 3.63) is 36.0 Å². The number of cyclic esters (lactones) is 1. The smallest absolute Gasteiger partial charge is 0.329 e. The summed E-state index contributed by atoms with van der Waals surface area (Å²) in [5, 5.41) is 24.1. The third-order valence-corrected chi connectivity index (χ3v) is 19.7. The van der Waals surface area contributed by atoms with Gasteiger partial charge in [-0.05, 0) is 114 Å². The molecular formula is C50H85NO11Si. The Morgan fingerprint density at radius 3 is 2.24 bits per heavy atom. The summed E-state index contributed by atoms with van der Waals surface area (Å²) in [5.41, 5.74) is 1.90. The van der Waals surface area contributed by atoms with Crippen molar-refractivity contribution < 1.29 is 52.7 Å². The van der Waals surface area contributed by atoms with E-state index in [0.29, 0.717) is 44.9 Å². The fraction of sp³-hybridized carbons (Fsp3) is 0.820. The molecule has 1 aliphatic carbocycles. The van der Waals surface area contributed by atoms with Crippen LogP contribution >= 0.6 is 0 Å². The number of Topliss-reactive ketones (excluding diaryl/α,β-unsaturated/α-hetero) is 1. The Balaban J connectivity index is 1.89. The van der Waals surface area contributed by atoms with E-state index >= 15 is 0 Å². The van der Waals surface area contributed by atoms with E-state index in [-0.39, 0.29) is 41.7 Å². The van der Waals surface area contributed by atoms with Crippen LogP contribution in [0.3, 0.4) is 0 Å². The molecule has 0 aromatic carbocycles. The van der Waals surface area contributed by atoms with Crippen LogP contribution in [0.25, 0.3) is 0 Å². The van der Waals surface area contributed by atoms with Crippen LogP contribution in [0.5, 0.6) is 0 Å². The number of carbonyl (C=O) groups excluding carboxylic acids is 3. The predicted octanol–water partition coefficient (Wildman–Crippen LogP) is 8.49. The maximum absolute atomic E-state index is 14.8. The number of ketones is 1. The maximum atomic E-state index is 14.8. The van der Waals surface area contributed by atoms with Crippen molar-refractivity contribution in [1.29, 1.82) is 0 Å². The Hall–Kier alpha value is -2.23. The highest BCUT2D eigenvalue weighted by atomic mass is 28.4. The maximum Gasteiger partial charge on any atom is 0.329 e. The summed E-state index contributed by atoms with van der Waals surface area (Å²) in [6.07, 6.45) is 8.43. The predicted molar refractivity (Wildman–Crippen MR) is 248 cm³/mol. The van der Waals surface area contributed by atoms with E-state index in [9.17, 15) is 24.6 Å². The summed E-state index contributed by atoms with van der Waals surface area (Å²) >= 11 is 0.